The lowest BCUT2D eigenvalue weighted by molar-refractivity contribution is 0.211. The summed E-state index contributed by atoms with van der Waals surface area (Å²) in [5, 5.41) is 0. The van der Waals surface area contributed by atoms with E-state index in [4.69, 9.17) is 5.73 Å². The molecule has 0 aliphatic carbocycles. The fourth-order valence-corrected chi connectivity index (χ4v) is 2.23. The summed E-state index contributed by atoms with van der Waals surface area (Å²) in [6, 6.07) is 11.1. The molecule has 1 aliphatic heterocycles. The smallest absolute Gasteiger partial charge is 0.0168 e. The molecule has 1 heterocycles. The average Bonchev–Trinajstić information content (AvgIpc) is 2.28. The molecule has 2 rings (SSSR count). The van der Waals surface area contributed by atoms with E-state index < -0.39 is 0 Å². The van der Waals surface area contributed by atoms with Crippen LogP contribution in [0.15, 0.2) is 30.3 Å². The summed E-state index contributed by atoms with van der Waals surface area (Å²) < 4.78 is 0. The summed E-state index contributed by atoms with van der Waals surface area (Å²) in [6.07, 6.45) is 3.60. The van der Waals surface area contributed by atoms with Gasteiger partial charge in [0, 0.05) is 19.1 Å². The third-order valence-corrected chi connectivity index (χ3v) is 3.10. The summed E-state index contributed by atoms with van der Waals surface area (Å²) in [6.45, 7) is 3.45. The Morgan fingerprint density at radius 3 is 2.80 bits per heavy atom. The van der Waals surface area contributed by atoms with E-state index in [2.05, 4.69) is 35.2 Å². The minimum atomic E-state index is 0.398. The molecule has 0 saturated carbocycles. The molecule has 1 fully saturated rings. The van der Waals surface area contributed by atoms with Crippen molar-refractivity contribution in [3.05, 3.63) is 35.9 Å². The molecule has 1 atom stereocenters. The minimum Gasteiger partial charge on any atom is -0.327 e. The number of benzene rings is 1. The van der Waals surface area contributed by atoms with Crippen LogP contribution in [0.1, 0.15) is 18.4 Å². The summed E-state index contributed by atoms with van der Waals surface area (Å²) in [7, 11) is 0. The third kappa shape index (κ3) is 3.33. The van der Waals surface area contributed by atoms with Gasteiger partial charge in [-0.25, -0.2) is 0 Å². The lowest BCUT2D eigenvalue weighted by atomic mass is 10.1. The normalized spacial score (nSPS) is 22.9. The van der Waals surface area contributed by atoms with Crippen LogP contribution < -0.4 is 5.73 Å². The number of hydrogen-bond donors (Lipinski definition) is 1. The number of nitrogens with zero attached hydrogens (tertiary/aromatic N) is 1. The van der Waals surface area contributed by atoms with Crippen LogP contribution in [0.4, 0.5) is 0 Å². The Balaban J connectivity index is 1.78. The van der Waals surface area contributed by atoms with Crippen LogP contribution in [0.5, 0.6) is 0 Å². The first-order chi connectivity index (χ1) is 7.34. The maximum Gasteiger partial charge on any atom is 0.0168 e. The van der Waals surface area contributed by atoms with Gasteiger partial charge in [0.15, 0.2) is 0 Å². The number of rotatable bonds is 3. The van der Waals surface area contributed by atoms with Gasteiger partial charge in [-0.2, -0.15) is 0 Å². The van der Waals surface area contributed by atoms with Crippen LogP contribution in [0.2, 0.25) is 0 Å². The highest BCUT2D eigenvalue weighted by Gasteiger charge is 2.15. The van der Waals surface area contributed by atoms with Gasteiger partial charge < -0.3 is 10.6 Å². The maximum atomic E-state index is 5.95. The Hall–Kier alpha value is -0.860. The van der Waals surface area contributed by atoms with E-state index in [1.54, 1.807) is 0 Å². The SMILES string of the molecule is N[C@H]1CCCN(CCc2ccccc2)C1. The Kier molecular flexibility index (Phi) is 3.75. The highest BCUT2D eigenvalue weighted by molar-refractivity contribution is 5.14. The van der Waals surface area contributed by atoms with Crippen molar-refractivity contribution in [2.24, 2.45) is 5.73 Å². The van der Waals surface area contributed by atoms with Crippen LogP contribution in [-0.2, 0) is 6.42 Å². The highest BCUT2D eigenvalue weighted by Crippen LogP contribution is 2.09. The molecule has 2 heteroatoms. The van der Waals surface area contributed by atoms with Crippen molar-refractivity contribution in [3.63, 3.8) is 0 Å². The molecule has 0 amide bonds. The minimum absolute atomic E-state index is 0.398. The average molecular weight is 204 g/mol. The number of hydrogen-bond acceptors (Lipinski definition) is 2. The van der Waals surface area contributed by atoms with E-state index in [1.807, 2.05) is 0 Å². The fourth-order valence-electron chi connectivity index (χ4n) is 2.23. The molecule has 0 bridgehead atoms. The van der Waals surface area contributed by atoms with Crippen molar-refractivity contribution in [1.29, 1.82) is 0 Å². The summed E-state index contributed by atoms with van der Waals surface area (Å²) in [4.78, 5) is 2.49. The summed E-state index contributed by atoms with van der Waals surface area (Å²) in [5.41, 5.74) is 7.38. The van der Waals surface area contributed by atoms with Crippen molar-refractivity contribution in [2.45, 2.75) is 25.3 Å². The van der Waals surface area contributed by atoms with Crippen LogP contribution in [0.3, 0.4) is 0 Å². The van der Waals surface area contributed by atoms with Gasteiger partial charge in [0.1, 0.15) is 0 Å². The highest BCUT2D eigenvalue weighted by atomic mass is 15.1. The third-order valence-electron chi connectivity index (χ3n) is 3.10. The van der Waals surface area contributed by atoms with E-state index in [9.17, 15) is 0 Å². The Morgan fingerprint density at radius 2 is 2.07 bits per heavy atom. The predicted octanol–water partition coefficient (Wildman–Crippen LogP) is 1.65. The lowest BCUT2D eigenvalue weighted by Gasteiger charge is -2.30. The molecule has 0 aromatic heterocycles. The van der Waals surface area contributed by atoms with Gasteiger partial charge in [-0.05, 0) is 31.4 Å². The molecule has 1 aromatic rings. The standard InChI is InChI=1S/C13H20N2/c14-13-7-4-9-15(11-13)10-8-12-5-2-1-3-6-12/h1-3,5-6,13H,4,7-11,14H2/t13-/m0/s1. The molecule has 1 aliphatic rings. The van der Waals surface area contributed by atoms with Crippen LogP contribution in [0, 0.1) is 0 Å². The van der Waals surface area contributed by atoms with Gasteiger partial charge in [-0.15, -0.1) is 0 Å². The second kappa shape index (κ2) is 5.29. The number of nitrogens with two attached hydrogens (primary N) is 1. The van der Waals surface area contributed by atoms with Crippen molar-refractivity contribution in [2.75, 3.05) is 19.6 Å². The monoisotopic (exact) mass is 204 g/mol. The van der Waals surface area contributed by atoms with Gasteiger partial charge in [-0.1, -0.05) is 30.3 Å². The maximum absolute atomic E-state index is 5.95. The van der Waals surface area contributed by atoms with E-state index in [0.717, 1.165) is 19.5 Å². The Bertz CT molecular complexity index is 284. The molecule has 0 unspecified atom stereocenters. The fraction of sp³-hybridized carbons (Fsp3) is 0.538. The molecule has 0 spiro atoms. The molecule has 15 heavy (non-hydrogen) atoms. The van der Waals surface area contributed by atoms with Crippen molar-refractivity contribution in [3.8, 4) is 0 Å². The second-order valence-corrected chi connectivity index (χ2v) is 4.44. The summed E-state index contributed by atoms with van der Waals surface area (Å²) >= 11 is 0. The van der Waals surface area contributed by atoms with E-state index in [1.165, 1.54) is 24.9 Å². The predicted molar refractivity (Wildman–Crippen MR) is 63.8 cm³/mol. The molecule has 2 N–H and O–H groups in total. The van der Waals surface area contributed by atoms with Crippen LogP contribution in [0.25, 0.3) is 0 Å². The Morgan fingerprint density at radius 1 is 1.27 bits per heavy atom. The molecule has 2 nitrogen and oxygen atoms in total. The first kappa shape index (κ1) is 10.7. The molecular weight excluding hydrogens is 184 g/mol. The topological polar surface area (TPSA) is 29.3 Å². The van der Waals surface area contributed by atoms with Crippen molar-refractivity contribution >= 4 is 0 Å². The van der Waals surface area contributed by atoms with Gasteiger partial charge in [-0.3, -0.25) is 0 Å². The molecule has 1 saturated heterocycles. The molecule has 1 aromatic carbocycles. The van der Waals surface area contributed by atoms with Gasteiger partial charge in [0.05, 0.1) is 0 Å². The van der Waals surface area contributed by atoms with Gasteiger partial charge in [0.2, 0.25) is 0 Å². The molecule has 0 radical (unpaired) electrons. The van der Waals surface area contributed by atoms with E-state index in [-0.39, 0.29) is 0 Å². The number of piperidine rings is 1. The zero-order chi connectivity index (χ0) is 10.5. The second-order valence-electron chi connectivity index (χ2n) is 4.44. The number of likely N-dealkylation sites (tertiary alicyclic amines) is 1. The van der Waals surface area contributed by atoms with Gasteiger partial charge in [0.25, 0.3) is 0 Å². The van der Waals surface area contributed by atoms with Crippen LogP contribution in [-0.4, -0.2) is 30.6 Å². The summed E-state index contributed by atoms with van der Waals surface area (Å²) in [5.74, 6) is 0. The first-order valence-electron chi connectivity index (χ1n) is 5.86. The lowest BCUT2D eigenvalue weighted by Crippen LogP contribution is -2.43. The van der Waals surface area contributed by atoms with Gasteiger partial charge >= 0.3 is 0 Å². The van der Waals surface area contributed by atoms with E-state index >= 15 is 0 Å². The zero-order valence-electron chi connectivity index (χ0n) is 9.23. The quantitative estimate of drug-likeness (QED) is 0.811. The van der Waals surface area contributed by atoms with E-state index in [0.29, 0.717) is 6.04 Å². The Labute approximate surface area is 92.1 Å². The molecular formula is C13H20N2. The van der Waals surface area contributed by atoms with Crippen molar-refractivity contribution < 1.29 is 0 Å². The first-order valence-corrected chi connectivity index (χ1v) is 5.86. The zero-order valence-corrected chi connectivity index (χ0v) is 9.23. The molecule has 82 valence electrons. The largest absolute Gasteiger partial charge is 0.327 e. The van der Waals surface area contributed by atoms with Crippen molar-refractivity contribution in [1.82, 2.24) is 4.90 Å². The van der Waals surface area contributed by atoms with Crippen LogP contribution >= 0.6 is 0 Å².